The lowest BCUT2D eigenvalue weighted by molar-refractivity contribution is 0.259. The highest BCUT2D eigenvalue weighted by atomic mass is 16.5. The van der Waals surface area contributed by atoms with Crippen molar-refractivity contribution in [2.45, 2.75) is 32.4 Å². The monoisotopic (exact) mass is 207 g/mol. The van der Waals surface area contributed by atoms with Crippen molar-refractivity contribution in [1.82, 2.24) is 14.9 Å². The molecule has 4 nitrogen and oxygen atoms in total. The molecule has 1 aliphatic rings. The summed E-state index contributed by atoms with van der Waals surface area (Å²) in [4.78, 5) is 10.7. The highest BCUT2D eigenvalue weighted by Gasteiger charge is 2.20. The first-order valence-electron chi connectivity index (χ1n) is 5.38. The normalized spacial score (nSPS) is 21.9. The van der Waals surface area contributed by atoms with Gasteiger partial charge in [0.05, 0.1) is 7.11 Å². The van der Waals surface area contributed by atoms with Crippen LogP contribution in [0.1, 0.15) is 25.3 Å². The molecule has 1 saturated heterocycles. The van der Waals surface area contributed by atoms with E-state index in [-0.39, 0.29) is 0 Å². The molecule has 15 heavy (non-hydrogen) atoms. The van der Waals surface area contributed by atoms with Gasteiger partial charge in [-0.25, -0.2) is 9.97 Å². The summed E-state index contributed by atoms with van der Waals surface area (Å²) >= 11 is 0. The van der Waals surface area contributed by atoms with E-state index in [9.17, 15) is 0 Å². The van der Waals surface area contributed by atoms with Crippen molar-refractivity contribution >= 4 is 0 Å². The van der Waals surface area contributed by atoms with E-state index in [0.29, 0.717) is 12.1 Å². The maximum Gasteiger partial charge on any atom is 0.316 e. The third-order valence-electron chi connectivity index (χ3n) is 2.94. The predicted molar refractivity (Wildman–Crippen MR) is 57.7 cm³/mol. The van der Waals surface area contributed by atoms with Crippen molar-refractivity contribution in [3.05, 3.63) is 18.0 Å². The SMILES string of the molecule is COc1ncc(CN2CCCC2C)cn1. The lowest BCUT2D eigenvalue weighted by Gasteiger charge is -2.20. The van der Waals surface area contributed by atoms with Gasteiger partial charge in [0.15, 0.2) is 0 Å². The molecule has 0 spiro atoms. The molecule has 0 radical (unpaired) electrons. The third-order valence-corrected chi connectivity index (χ3v) is 2.94. The summed E-state index contributed by atoms with van der Waals surface area (Å²) in [5.74, 6) is 0. The Balaban J connectivity index is 1.98. The molecule has 1 atom stereocenters. The molecule has 0 aliphatic carbocycles. The Labute approximate surface area is 90.3 Å². The molecule has 82 valence electrons. The summed E-state index contributed by atoms with van der Waals surface area (Å²) in [6.45, 7) is 4.41. The Kier molecular flexibility index (Phi) is 3.16. The highest BCUT2D eigenvalue weighted by molar-refractivity contribution is 5.07. The molecule has 2 heterocycles. The van der Waals surface area contributed by atoms with Crippen LogP contribution in [-0.2, 0) is 6.54 Å². The van der Waals surface area contributed by atoms with Gasteiger partial charge in [0.25, 0.3) is 0 Å². The topological polar surface area (TPSA) is 38.2 Å². The van der Waals surface area contributed by atoms with Crippen LogP contribution in [0.5, 0.6) is 6.01 Å². The first-order valence-corrected chi connectivity index (χ1v) is 5.38. The molecule has 1 unspecified atom stereocenters. The lowest BCUT2D eigenvalue weighted by atomic mass is 10.2. The Morgan fingerprint density at radius 3 is 2.73 bits per heavy atom. The minimum Gasteiger partial charge on any atom is -0.467 e. The van der Waals surface area contributed by atoms with Crippen molar-refractivity contribution in [3.63, 3.8) is 0 Å². The summed E-state index contributed by atoms with van der Waals surface area (Å²) in [5, 5.41) is 0. The molecular weight excluding hydrogens is 190 g/mol. The zero-order chi connectivity index (χ0) is 10.7. The van der Waals surface area contributed by atoms with E-state index in [1.807, 2.05) is 12.4 Å². The van der Waals surface area contributed by atoms with Crippen LogP contribution in [0, 0.1) is 0 Å². The van der Waals surface area contributed by atoms with E-state index in [2.05, 4.69) is 21.8 Å². The molecule has 0 amide bonds. The van der Waals surface area contributed by atoms with Gasteiger partial charge in [0, 0.05) is 30.5 Å². The summed E-state index contributed by atoms with van der Waals surface area (Å²) in [6.07, 6.45) is 6.29. The average Bonchev–Trinajstić information content (AvgIpc) is 2.66. The maximum atomic E-state index is 4.92. The summed E-state index contributed by atoms with van der Waals surface area (Å²) in [5.41, 5.74) is 1.16. The molecule has 1 aromatic rings. The maximum absolute atomic E-state index is 4.92. The van der Waals surface area contributed by atoms with Crippen molar-refractivity contribution in [3.8, 4) is 6.01 Å². The lowest BCUT2D eigenvalue weighted by Crippen LogP contribution is -2.26. The zero-order valence-electron chi connectivity index (χ0n) is 9.31. The van der Waals surface area contributed by atoms with Crippen LogP contribution in [0.2, 0.25) is 0 Å². The van der Waals surface area contributed by atoms with Gasteiger partial charge < -0.3 is 4.74 Å². The van der Waals surface area contributed by atoms with Gasteiger partial charge in [0.1, 0.15) is 0 Å². The van der Waals surface area contributed by atoms with Crippen LogP contribution < -0.4 is 4.74 Å². The van der Waals surface area contributed by atoms with E-state index >= 15 is 0 Å². The fourth-order valence-corrected chi connectivity index (χ4v) is 1.99. The van der Waals surface area contributed by atoms with Crippen LogP contribution in [0.15, 0.2) is 12.4 Å². The average molecular weight is 207 g/mol. The number of methoxy groups -OCH3 is 1. The van der Waals surface area contributed by atoms with E-state index < -0.39 is 0 Å². The molecule has 1 aliphatic heterocycles. The Morgan fingerprint density at radius 1 is 1.47 bits per heavy atom. The number of hydrogen-bond acceptors (Lipinski definition) is 4. The zero-order valence-corrected chi connectivity index (χ0v) is 9.31. The van der Waals surface area contributed by atoms with Crippen molar-refractivity contribution in [2.24, 2.45) is 0 Å². The van der Waals surface area contributed by atoms with E-state index in [1.165, 1.54) is 19.4 Å². The molecular formula is C11H17N3O. The largest absolute Gasteiger partial charge is 0.467 e. The molecule has 0 N–H and O–H groups in total. The minimum absolute atomic E-state index is 0.438. The second-order valence-electron chi connectivity index (χ2n) is 4.04. The van der Waals surface area contributed by atoms with E-state index in [0.717, 1.165) is 12.1 Å². The first kappa shape index (κ1) is 10.4. The number of nitrogens with zero attached hydrogens (tertiary/aromatic N) is 3. The quantitative estimate of drug-likeness (QED) is 0.752. The number of aromatic nitrogens is 2. The number of hydrogen-bond donors (Lipinski definition) is 0. The molecule has 1 aromatic heterocycles. The van der Waals surface area contributed by atoms with Crippen molar-refractivity contribution in [2.75, 3.05) is 13.7 Å². The fourth-order valence-electron chi connectivity index (χ4n) is 1.99. The summed E-state index contributed by atoms with van der Waals surface area (Å²) in [7, 11) is 1.58. The Morgan fingerprint density at radius 2 is 2.20 bits per heavy atom. The van der Waals surface area contributed by atoms with Crippen LogP contribution in [0.25, 0.3) is 0 Å². The van der Waals surface area contributed by atoms with Gasteiger partial charge in [-0.2, -0.15) is 0 Å². The Hall–Kier alpha value is -1.16. The van der Waals surface area contributed by atoms with Gasteiger partial charge in [0.2, 0.25) is 0 Å². The fraction of sp³-hybridized carbons (Fsp3) is 0.636. The van der Waals surface area contributed by atoms with Gasteiger partial charge in [-0.1, -0.05) is 0 Å². The van der Waals surface area contributed by atoms with Crippen LogP contribution >= 0.6 is 0 Å². The predicted octanol–water partition coefficient (Wildman–Crippen LogP) is 1.47. The number of rotatable bonds is 3. The number of likely N-dealkylation sites (tertiary alicyclic amines) is 1. The van der Waals surface area contributed by atoms with Crippen molar-refractivity contribution in [1.29, 1.82) is 0 Å². The van der Waals surface area contributed by atoms with Crippen molar-refractivity contribution < 1.29 is 4.74 Å². The Bertz CT molecular complexity index is 312. The van der Waals surface area contributed by atoms with E-state index in [4.69, 9.17) is 4.74 Å². The molecule has 0 bridgehead atoms. The summed E-state index contributed by atoms with van der Waals surface area (Å²) < 4.78 is 4.92. The van der Waals surface area contributed by atoms with Gasteiger partial charge >= 0.3 is 6.01 Å². The molecule has 0 aromatic carbocycles. The summed E-state index contributed by atoms with van der Waals surface area (Å²) in [6, 6.07) is 1.13. The van der Waals surface area contributed by atoms with E-state index in [1.54, 1.807) is 7.11 Å². The standard InChI is InChI=1S/C11H17N3O/c1-9-4-3-5-14(9)8-10-6-12-11(15-2)13-7-10/h6-7,9H,3-5,8H2,1-2H3. The number of ether oxygens (including phenoxy) is 1. The third kappa shape index (κ3) is 2.45. The molecule has 1 fully saturated rings. The second kappa shape index (κ2) is 4.57. The molecule has 2 rings (SSSR count). The smallest absolute Gasteiger partial charge is 0.316 e. The molecule has 0 saturated carbocycles. The minimum atomic E-state index is 0.438. The van der Waals surface area contributed by atoms with Gasteiger partial charge in [-0.05, 0) is 26.3 Å². The van der Waals surface area contributed by atoms with Crippen LogP contribution in [0.3, 0.4) is 0 Å². The van der Waals surface area contributed by atoms with Gasteiger partial charge in [-0.3, -0.25) is 4.90 Å². The first-order chi connectivity index (χ1) is 7.29. The van der Waals surface area contributed by atoms with Crippen LogP contribution in [0.4, 0.5) is 0 Å². The van der Waals surface area contributed by atoms with Crippen LogP contribution in [-0.4, -0.2) is 34.6 Å². The second-order valence-corrected chi connectivity index (χ2v) is 4.04. The molecule has 4 heteroatoms. The highest BCUT2D eigenvalue weighted by Crippen LogP contribution is 2.18. The van der Waals surface area contributed by atoms with Gasteiger partial charge in [-0.15, -0.1) is 0 Å².